The molecule has 0 radical (unpaired) electrons. The minimum Gasteiger partial charge on any atom is -0.497 e. The Bertz CT molecular complexity index is 967. The van der Waals surface area contributed by atoms with E-state index >= 15 is 0 Å². The SMILES string of the molecule is COc1cc(OC)cc([C@H]2[C@H](Oc3cc(C)ccc3C)C(=O)N2CCCCN2CCOCC2)c1. The Kier molecular flexibility index (Phi) is 7.95. The second kappa shape index (κ2) is 11.1. The van der Waals surface area contributed by atoms with Crippen molar-refractivity contribution in [3.05, 3.63) is 53.1 Å². The molecule has 2 saturated heterocycles. The van der Waals surface area contributed by atoms with Crippen molar-refractivity contribution in [1.82, 2.24) is 9.80 Å². The number of rotatable bonds is 10. The molecule has 0 N–H and O–H groups in total. The van der Waals surface area contributed by atoms with Gasteiger partial charge in [0.1, 0.15) is 23.3 Å². The number of carbonyl (C=O) groups is 1. The summed E-state index contributed by atoms with van der Waals surface area (Å²) < 4.78 is 22.7. The second-order valence-electron chi connectivity index (χ2n) is 9.09. The molecule has 0 saturated carbocycles. The lowest BCUT2D eigenvalue weighted by molar-refractivity contribution is -0.164. The second-order valence-corrected chi connectivity index (χ2v) is 9.09. The number of amides is 1. The number of hydrogen-bond donors (Lipinski definition) is 0. The number of unbranched alkanes of at least 4 members (excludes halogenated alkanes) is 1. The quantitative estimate of drug-likeness (QED) is 0.391. The normalized spacial score (nSPS) is 20.7. The van der Waals surface area contributed by atoms with Gasteiger partial charge in [-0.3, -0.25) is 9.69 Å². The Morgan fingerprint density at radius 2 is 1.62 bits per heavy atom. The molecule has 2 fully saturated rings. The Labute approximate surface area is 202 Å². The number of morpholine rings is 1. The largest absolute Gasteiger partial charge is 0.497 e. The summed E-state index contributed by atoms with van der Waals surface area (Å²) in [5.74, 6) is 2.18. The first-order valence-electron chi connectivity index (χ1n) is 12.1. The van der Waals surface area contributed by atoms with Gasteiger partial charge in [-0.2, -0.15) is 0 Å². The van der Waals surface area contributed by atoms with Gasteiger partial charge in [-0.1, -0.05) is 12.1 Å². The lowest BCUT2D eigenvalue weighted by Gasteiger charge is -2.47. The molecule has 2 aliphatic rings. The van der Waals surface area contributed by atoms with Crippen molar-refractivity contribution in [2.24, 2.45) is 0 Å². The van der Waals surface area contributed by atoms with Crippen LogP contribution in [0.1, 0.15) is 35.6 Å². The summed E-state index contributed by atoms with van der Waals surface area (Å²) in [7, 11) is 3.27. The Balaban J connectivity index is 1.50. The van der Waals surface area contributed by atoms with E-state index in [4.69, 9.17) is 18.9 Å². The first-order valence-corrected chi connectivity index (χ1v) is 12.1. The molecule has 2 atom stereocenters. The molecule has 184 valence electrons. The molecule has 0 aromatic heterocycles. The van der Waals surface area contributed by atoms with E-state index in [1.165, 1.54) is 0 Å². The number of methoxy groups -OCH3 is 2. The van der Waals surface area contributed by atoms with Gasteiger partial charge in [-0.25, -0.2) is 0 Å². The van der Waals surface area contributed by atoms with Gasteiger partial charge in [0.2, 0.25) is 6.10 Å². The van der Waals surface area contributed by atoms with Crippen LogP contribution in [0.15, 0.2) is 36.4 Å². The van der Waals surface area contributed by atoms with Gasteiger partial charge < -0.3 is 23.8 Å². The van der Waals surface area contributed by atoms with Crippen molar-refractivity contribution in [3.63, 3.8) is 0 Å². The third kappa shape index (κ3) is 5.47. The predicted octanol–water partition coefficient (Wildman–Crippen LogP) is 3.76. The fraction of sp³-hybridized carbons (Fsp3) is 0.519. The highest BCUT2D eigenvalue weighted by Gasteiger charge is 2.50. The number of hydrogen-bond acceptors (Lipinski definition) is 6. The summed E-state index contributed by atoms with van der Waals surface area (Å²) in [6.07, 6.45) is 1.41. The van der Waals surface area contributed by atoms with Gasteiger partial charge in [-0.05, 0) is 68.1 Å². The van der Waals surface area contributed by atoms with Gasteiger partial charge in [0.15, 0.2) is 0 Å². The molecule has 2 aromatic carbocycles. The summed E-state index contributed by atoms with van der Waals surface area (Å²) in [6, 6.07) is 11.7. The zero-order chi connectivity index (χ0) is 24.1. The summed E-state index contributed by atoms with van der Waals surface area (Å²) in [6.45, 7) is 9.35. The van der Waals surface area contributed by atoms with Gasteiger partial charge >= 0.3 is 0 Å². The average molecular weight is 469 g/mol. The monoisotopic (exact) mass is 468 g/mol. The fourth-order valence-electron chi connectivity index (χ4n) is 4.65. The molecule has 7 heteroatoms. The highest BCUT2D eigenvalue weighted by Crippen LogP contribution is 2.41. The molecular weight excluding hydrogens is 432 g/mol. The molecule has 0 spiro atoms. The van der Waals surface area contributed by atoms with Crippen molar-refractivity contribution < 1.29 is 23.7 Å². The van der Waals surface area contributed by atoms with E-state index in [2.05, 4.69) is 11.0 Å². The number of likely N-dealkylation sites (tertiary alicyclic amines) is 1. The molecule has 0 aliphatic carbocycles. The van der Waals surface area contributed by atoms with Crippen LogP contribution >= 0.6 is 0 Å². The van der Waals surface area contributed by atoms with Crippen LogP contribution in [0.25, 0.3) is 0 Å². The summed E-state index contributed by atoms with van der Waals surface area (Å²) >= 11 is 0. The van der Waals surface area contributed by atoms with Gasteiger partial charge in [0.05, 0.1) is 27.4 Å². The van der Waals surface area contributed by atoms with E-state index in [-0.39, 0.29) is 11.9 Å². The molecule has 7 nitrogen and oxygen atoms in total. The molecule has 2 aromatic rings. The van der Waals surface area contributed by atoms with Crippen molar-refractivity contribution in [3.8, 4) is 17.2 Å². The van der Waals surface area contributed by atoms with E-state index < -0.39 is 6.10 Å². The molecule has 34 heavy (non-hydrogen) atoms. The van der Waals surface area contributed by atoms with Crippen LogP contribution in [0.3, 0.4) is 0 Å². The van der Waals surface area contributed by atoms with E-state index in [1.54, 1.807) is 14.2 Å². The van der Waals surface area contributed by atoms with E-state index in [9.17, 15) is 4.79 Å². The first kappa shape index (κ1) is 24.4. The van der Waals surface area contributed by atoms with Crippen molar-refractivity contribution in [2.75, 3.05) is 53.6 Å². The smallest absolute Gasteiger partial charge is 0.266 e. The molecule has 4 rings (SSSR count). The summed E-state index contributed by atoms with van der Waals surface area (Å²) in [5, 5.41) is 0. The highest BCUT2D eigenvalue weighted by atomic mass is 16.5. The van der Waals surface area contributed by atoms with Crippen molar-refractivity contribution in [1.29, 1.82) is 0 Å². The lowest BCUT2D eigenvalue weighted by Crippen LogP contribution is -2.61. The van der Waals surface area contributed by atoms with Crippen LogP contribution in [0.5, 0.6) is 17.2 Å². The van der Waals surface area contributed by atoms with E-state index in [0.29, 0.717) is 18.0 Å². The molecular formula is C27H36N2O5. The Hall–Kier alpha value is -2.77. The maximum atomic E-state index is 13.3. The first-order chi connectivity index (χ1) is 16.5. The van der Waals surface area contributed by atoms with Crippen LogP contribution < -0.4 is 14.2 Å². The van der Waals surface area contributed by atoms with Gasteiger partial charge in [0.25, 0.3) is 5.91 Å². The van der Waals surface area contributed by atoms with Crippen LogP contribution in [0.2, 0.25) is 0 Å². The van der Waals surface area contributed by atoms with Gasteiger partial charge in [0, 0.05) is 25.7 Å². The molecule has 2 aliphatic heterocycles. The molecule has 0 unspecified atom stereocenters. The number of ether oxygens (including phenoxy) is 4. The van der Waals surface area contributed by atoms with Crippen LogP contribution in [-0.2, 0) is 9.53 Å². The van der Waals surface area contributed by atoms with Gasteiger partial charge in [-0.15, -0.1) is 0 Å². The number of β-lactam (4-membered cyclic amide) rings is 1. The zero-order valence-corrected chi connectivity index (χ0v) is 20.7. The zero-order valence-electron chi connectivity index (χ0n) is 20.7. The number of carbonyl (C=O) groups excluding carboxylic acids is 1. The van der Waals surface area contributed by atoms with Crippen LogP contribution in [-0.4, -0.2) is 75.4 Å². The lowest BCUT2D eigenvalue weighted by atomic mass is 9.89. The minimum absolute atomic E-state index is 0.0269. The number of benzene rings is 2. The topological polar surface area (TPSA) is 60.5 Å². The molecule has 0 bridgehead atoms. The predicted molar refractivity (Wildman–Crippen MR) is 131 cm³/mol. The third-order valence-electron chi connectivity index (χ3n) is 6.69. The third-order valence-corrected chi connectivity index (χ3v) is 6.69. The van der Waals surface area contributed by atoms with Crippen molar-refractivity contribution >= 4 is 5.91 Å². The Morgan fingerprint density at radius 1 is 0.941 bits per heavy atom. The minimum atomic E-state index is -0.573. The summed E-state index contributed by atoms with van der Waals surface area (Å²) in [5.41, 5.74) is 3.08. The maximum Gasteiger partial charge on any atom is 0.266 e. The number of nitrogens with zero attached hydrogens (tertiary/aromatic N) is 2. The molecule has 2 heterocycles. The number of aryl methyl sites for hydroxylation is 2. The van der Waals surface area contributed by atoms with E-state index in [1.807, 2.05) is 49.1 Å². The maximum absolute atomic E-state index is 13.3. The standard InChI is InChI=1S/C27H36N2O5/c1-19-7-8-20(2)24(15-19)34-26-25(21-16-22(31-3)18-23(17-21)32-4)29(27(26)30)10-6-5-9-28-11-13-33-14-12-28/h7-8,15-18,25-26H,5-6,9-14H2,1-4H3/t25-,26-/m0/s1. The van der Waals surface area contributed by atoms with Crippen molar-refractivity contribution in [2.45, 2.75) is 38.8 Å². The fourth-order valence-corrected chi connectivity index (χ4v) is 4.65. The highest BCUT2D eigenvalue weighted by molar-refractivity contribution is 5.89. The van der Waals surface area contributed by atoms with Crippen LogP contribution in [0, 0.1) is 13.8 Å². The van der Waals surface area contributed by atoms with Crippen LogP contribution in [0.4, 0.5) is 0 Å². The molecule has 1 amide bonds. The van der Waals surface area contributed by atoms with E-state index in [0.717, 1.165) is 68.1 Å². The summed E-state index contributed by atoms with van der Waals surface area (Å²) in [4.78, 5) is 17.6. The Morgan fingerprint density at radius 3 is 2.29 bits per heavy atom. The average Bonchev–Trinajstić information content (AvgIpc) is 2.86.